The highest BCUT2D eigenvalue weighted by Gasteiger charge is 2.38. The molecule has 40 heavy (non-hydrogen) atoms. The third-order valence-corrected chi connectivity index (χ3v) is 7.61. The molecule has 3 amide bonds. The van der Waals surface area contributed by atoms with E-state index in [-0.39, 0.29) is 30.1 Å². The summed E-state index contributed by atoms with van der Waals surface area (Å²) in [5, 5.41) is 0. The molecule has 2 N–H and O–H groups in total. The first-order chi connectivity index (χ1) is 19.4. The first kappa shape index (κ1) is 27.4. The highest BCUT2D eigenvalue weighted by Crippen LogP contribution is 2.45. The summed E-state index contributed by atoms with van der Waals surface area (Å²) in [5.74, 6) is 0.584. The van der Waals surface area contributed by atoms with Gasteiger partial charge in [0.25, 0.3) is 5.91 Å². The van der Waals surface area contributed by atoms with Crippen molar-refractivity contribution in [3.05, 3.63) is 58.7 Å². The lowest BCUT2D eigenvalue weighted by molar-refractivity contribution is -0.148. The van der Waals surface area contributed by atoms with Crippen molar-refractivity contribution in [3.8, 4) is 11.5 Å². The number of esters is 1. The van der Waals surface area contributed by atoms with Gasteiger partial charge in [0.2, 0.25) is 0 Å². The van der Waals surface area contributed by atoms with Gasteiger partial charge in [-0.25, -0.2) is 10.2 Å². The quantitative estimate of drug-likeness (QED) is 0.433. The fourth-order valence-corrected chi connectivity index (χ4v) is 5.63. The molecule has 0 aromatic heterocycles. The molecule has 2 aliphatic heterocycles. The molecule has 2 aromatic rings. The zero-order valence-corrected chi connectivity index (χ0v) is 22.9. The molecule has 1 saturated carbocycles. The normalized spacial score (nSPS) is 21.7. The minimum absolute atomic E-state index is 0.0192. The highest BCUT2D eigenvalue weighted by molar-refractivity contribution is 6.15. The molecule has 3 unspecified atom stereocenters. The van der Waals surface area contributed by atoms with Crippen molar-refractivity contribution in [2.24, 2.45) is 4.99 Å². The number of rotatable bonds is 5. The van der Waals surface area contributed by atoms with E-state index in [4.69, 9.17) is 23.9 Å². The number of urea groups is 1. The van der Waals surface area contributed by atoms with Gasteiger partial charge in [-0.15, -0.1) is 0 Å². The predicted molar refractivity (Wildman–Crippen MR) is 146 cm³/mol. The minimum Gasteiger partial charge on any atom is -0.493 e. The van der Waals surface area contributed by atoms with Crippen LogP contribution in [0.3, 0.4) is 0 Å². The molecule has 1 saturated heterocycles. The van der Waals surface area contributed by atoms with Crippen molar-refractivity contribution in [1.82, 2.24) is 15.8 Å². The average molecular weight is 551 g/mol. The zero-order chi connectivity index (χ0) is 28.2. The second kappa shape index (κ2) is 12.0. The number of fused-ring (bicyclic) bond motifs is 3. The smallest absolute Gasteiger partial charge is 0.336 e. The maximum absolute atomic E-state index is 12.7. The number of carbonyl (C=O) groups excluding carboxylic acids is 3. The van der Waals surface area contributed by atoms with Crippen LogP contribution in [-0.4, -0.2) is 81.2 Å². The Hall–Kier alpha value is -4.12. The number of morpholine rings is 1. The van der Waals surface area contributed by atoms with Crippen molar-refractivity contribution in [1.29, 1.82) is 0 Å². The van der Waals surface area contributed by atoms with Crippen molar-refractivity contribution < 1.29 is 33.3 Å². The van der Waals surface area contributed by atoms with Gasteiger partial charge in [-0.2, -0.15) is 0 Å². The molecule has 2 fully saturated rings. The highest BCUT2D eigenvalue weighted by atomic mass is 16.5. The van der Waals surface area contributed by atoms with Gasteiger partial charge in [-0.1, -0.05) is 12.1 Å². The van der Waals surface area contributed by atoms with Crippen molar-refractivity contribution in [2.75, 3.05) is 40.5 Å². The van der Waals surface area contributed by atoms with Crippen LogP contribution in [0.25, 0.3) is 0 Å². The van der Waals surface area contributed by atoms with Crippen LogP contribution < -0.4 is 20.3 Å². The Morgan fingerprint density at radius 3 is 2.35 bits per heavy atom. The summed E-state index contributed by atoms with van der Waals surface area (Å²) in [6.07, 6.45) is 2.05. The van der Waals surface area contributed by atoms with E-state index < -0.39 is 5.91 Å². The van der Waals surface area contributed by atoms with Gasteiger partial charge >= 0.3 is 12.0 Å². The Balaban J connectivity index is 1.37. The van der Waals surface area contributed by atoms with E-state index in [1.54, 1.807) is 31.3 Å². The Morgan fingerprint density at radius 2 is 1.68 bits per heavy atom. The number of methoxy groups -OCH3 is 2. The van der Waals surface area contributed by atoms with Gasteiger partial charge in [0, 0.05) is 42.6 Å². The van der Waals surface area contributed by atoms with Crippen LogP contribution in [0.5, 0.6) is 11.5 Å². The number of hydrogen-bond acceptors (Lipinski definition) is 8. The van der Waals surface area contributed by atoms with E-state index in [1.807, 2.05) is 24.3 Å². The van der Waals surface area contributed by atoms with Gasteiger partial charge in [0.05, 0.1) is 39.2 Å². The minimum atomic E-state index is -0.422. The Labute approximate surface area is 232 Å². The van der Waals surface area contributed by atoms with Crippen LogP contribution in [-0.2, 0) is 14.3 Å². The lowest BCUT2D eigenvalue weighted by Gasteiger charge is -2.38. The number of nitrogens with zero attached hydrogens (tertiary/aromatic N) is 2. The number of carbonyl (C=O) groups is 3. The van der Waals surface area contributed by atoms with Gasteiger partial charge in [0.15, 0.2) is 11.5 Å². The molecular formula is C29H34N4O7. The van der Waals surface area contributed by atoms with E-state index >= 15 is 0 Å². The first-order valence-electron chi connectivity index (χ1n) is 13.4. The topological polar surface area (TPSA) is 128 Å². The summed E-state index contributed by atoms with van der Waals surface area (Å²) in [6, 6.07) is 10.7. The van der Waals surface area contributed by atoms with Gasteiger partial charge in [-0.3, -0.25) is 20.0 Å². The molecule has 212 valence electrons. The second-order valence-electron chi connectivity index (χ2n) is 10.1. The van der Waals surface area contributed by atoms with Crippen LogP contribution in [0.2, 0.25) is 0 Å². The Bertz CT molecular complexity index is 1300. The number of nitrogens with one attached hydrogen (secondary N) is 2. The molecule has 2 heterocycles. The van der Waals surface area contributed by atoms with Crippen molar-refractivity contribution >= 4 is 23.6 Å². The summed E-state index contributed by atoms with van der Waals surface area (Å²) < 4.78 is 22.0. The average Bonchev–Trinajstić information content (AvgIpc) is 2.98. The third kappa shape index (κ3) is 5.74. The predicted octanol–water partition coefficient (Wildman–Crippen LogP) is 2.81. The summed E-state index contributed by atoms with van der Waals surface area (Å²) >= 11 is 0. The van der Waals surface area contributed by atoms with Gasteiger partial charge in [0.1, 0.15) is 6.10 Å². The molecule has 5 rings (SSSR count). The lowest BCUT2D eigenvalue weighted by atomic mass is 9.74. The summed E-state index contributed by atoms with van der Waals surface area (Å²) in [7, 11) is 3.20. The molecule has 11 heteroatoms. The fourth-order valence-electron chi connectivity index (χ4n) is 5.63. The van der Waals surface area contributed by atoms with E-state index in [9.17, 15) is 14.4 Å². The maximum Gasteiger partial charge on any atom is 0.336 e. The molecule has 1 aliphatic carbocycles. The largest absolute Gasteiger partial charge is 0.493 e. The number of ether oxygens (including phenoxy) is 4. The van der Waals surface area contributed by atoms with Crippen LogP contribution in [0.1, 0.15) is 59.2 Å². The monoisotopic (exact) mass is 550 g/mol. The molecule has 3 atom stereocenters. The molecule has 2 aromatic carbocycles. The van der Waals surface area contributed by atoms with Gasteiger partial charge < -0.3 is 23.8 Å². The van der Waals surface area contributed by atoms with E-state index in [0.29, 0.717) is 49.8 Å². The van der Waals surface area contributed by atoms with E-state index in [2.05, 4.69) is 10.9 Å². The summed E-state index contributed by atoms with van der Waals surface area (Å²) in [6.45, 7) is 3.34. The Kier molecular flexibility index (Phi) is 8.20. The lowest BCUT2D eigenvalue weighted by Crippen LogP contribution is -2.52. The fraction of sp³-hybridized carbons (Fsp3) is 0.448. The molecular weight excluding hydrogens is 516 g/mol. The molecule has 11 nitrogen and oxygen atoms in total. The molecule has 3 aliphatic rings. The molecule has 0 spiro atoms. The number of amides is 3. The van der Waals surface area contributed by atoms with Crippen LogP contribution in [0.4, 0.5) is 4.79 Å². The van der Waals surface area contributed by atoms with E-state index in [0.717, 1.165) is 35.2 Å². The van der Waals surface area contributed by atoms with Crippen molar-refractivity contribution in [2.45, 2.75) is 44.2 Å². The number of aliphatic imine (C=N–C) groups is 1. The van der Waals surface area contributed by atoms with Crippen LogP contribution in [0.15, 0.2) is 41.4 Å². The molecule has 0 radical (unpaired) electrons. The van der Waals surface area contributed by atoms with Crippen molar-refractivity contribution in [3.63, 3.8) is 0 Å². The summed E-state index contributed by atoms with van der Waals surface area (Å²) in [4.78, 5) is 43.3. The van der Waals surface area contributed by atoms with Gasteiger partial charge in [-0.05, 0) is 49.1 Å². The Morgan fingerprint density at radius 1 is 0.975 bits per heavy atom. The van der Waals surface area contributed by atoms with Crippen LogP contribution in [0, 0.1) is 0 Å². The first-order valence-corrected chi connectivity index (χ1v) is 13.4. The van der Waals surface area contributed by atoms with E-state index in [1.165, 1.54) is 6.92 Å². The molecule has 0 bridgehead atoms. The third-order valence-electron chi connectivity index (χ3n) is 7.61. The summed E-state index contributed by atoms with van der Waals surface area (Å²) in [5.41, 5.74) is 8.97. The van der Waals surface area contributed by atoms with Crippen LogP contribution >= 0.6 is 0 Å². The maximum atomic E-state index is 12.7. The zero-order valence-electron chi connectivity index (χ0n) is 22.9. The SMILES string of the molecule is COc1cc2c(cc1OC)C1CC(OC(C)=O)CCC1N=C2c1ccc(C(=O)NNC(=O)N2CCOCC2)cc1. The standard InChI is InChI=1S/C29H34N4O7/c1-17(34)40-20-8-9-24-22(14-20)21-15-25(37-2)26(38-3)16-23(21)27(30-24)18-4-6-19(7-5-18)28(35)31-32-29(36)33-10-12-39-13-11-33/h4-7,15-16,20,22,24H,8-14H2,1-3H3,(H,31,35)(H,32,36). The second-order valence-corrected chi connectivity index (χ2v) is 10.1. The number of benzene rings is 2. The number of hydrazine groups is 1. The number of hydrogen-bond donors (Lipinski definition) is 2.